The Morgan fingerprint density at radius 2 is 1.96 bits per heavy atom. The van der Waals surface area contributed by atoms with E-state index in [0.29, 0.717) is 12.1 Å². The summed E-state index contributed by atoms with van der Waals surface area (Å²) in [7, 11) is 0. The molecule has 6 nitrogen and oxygen atoms in total. The number of nitrogens with zero attached hydrogens (tertiary/aromatic N) is 4. The first kappa shape index (κ1) is 16.6. The van der Waals surface area contributed by atoms with Gasteiger partial charge in [0.15, 0.2) is 0 Å². The second kappa shape index (κ2) is 8.02. The largest absolute Gasteiger partial charge is 0.322 e. The maximum Gasteiger partial charge on any atom is 0.209 e. The summed E-state index contributed by atoms with van der Waals surface area (Å²) in [5.74, 6) is 1.13. The van der Waals surface area contributed by atoms with E-state index in [0.717, 1.165) is 18.8 Å². The second-order valence-corrected chi connectivity index (χ2v) is 7.14. The van der Waals surface area contributed by atoms with Crippen molar-refractivity contribution in [3.63, 3.8) is 0 Å². The fourth-order valence-corrected chi connectivity index (χ4v) is 4.35. The van der Waals surface area contributed by atoms with Crippen molar-refractivity contribution in [3.05, 3.63) is 18.5 Å². The zero-order valence-corrected chi connectivity index (χ0v) is 14.5. The topological polar surface area (TPSA) is 52.5 Å². The average molecular weight is 320 g/mol. The SMILES string of the molecule is C=CC[NH+]1CC[NH+]([C@@H](CC)c2nnnn2C2CCCCC2)CC1. The molecule has 0 bridgehead atoms. The highest BCUT2D eigenvalue weighted by molar-refractivity contribution is 4.90. The summed E-state index contributed by atoms with van der Waals surface area (Å²) in [6.45, 7) is 12.1. The zero-order valence-electron chi connectivity index (χ0n) is 14.5. The Balaban J connectivity index is 1.69. The maximum absolute atomic E-state index is 4.45. The molecule has 0 amide bonds. The van der Waals surface area contributed by atoms with Crippen LogP contribution in [-0.2, 0) is 0 Å². The van der Waals surface area contributed by atoms with Crippen molar-refractivity contribution in [1.82, 2.24) is 20.2 Å². The Hall–Kier alpha value is -1.27. The first-order valence-corrected chi connectivity index (χ1v) is 9.40. The third-order valence-electron chi connectivity index (χ3n) is 5.68. The molecule has 0 aromatic carbocycles. The molecule has 2 heterocycles. The van der Waals surface area contributed by atoms with Crippen molar-refractivity contribution in [2.24, 2.45) is 0 Å². The van der Waals surface area contributed by atoms with Gasteiger partial charge in [-0.15, -0.1) is 5.10 Å². The summed E-state index contributed by atoms with van der Waals surface area (Å²) in [4.78, 5) is 3.32. The molecule has 2 fully saturated rings. The van der Waals surface area contributed by atoms with Gasteiger partial charge in [0.2, 0.25) is 5.82 Å². The van der Waals surface area contributed by atoms with E-state index in [4.69, 9.17) is 0 Å². The van der Waals surface area contributed by atoms with Crippen molar-refractivity contribution < 1.29 is 9.80 Å². The van der Waals surface area contributed by atoms with E-state index in [-0.39, 0.29) is 0 Å². The Morgan fingerprint density at radius 3 is 2.61 bits per heavy atom. The molecule has 1 saturated heterocycles. The lowest BCUT2D eigenvalue weighted by Crippen LogP contribution is -3.28. The van der Waals surface area contributed by atoms with E-state index in [1.165, 1.54) is 58.3 Å². The van der Waals surface area contributed by atoms with Crippen LogP contribution in [0.2, 0.25) is 0 Å². The molecule has 2 N–H and O–H groups in total. The van der Waals surface area contributed by atoms with E-state index in [2.05, 4.69) is 33.7 Å². The number of hydrogen-bond donors (Lipinski definition) is 2. The predicted molar refractivity (Wildman–Crippen MR) is 89.4 cm³/mol. The van der Waals surface area contributed by atoms with Crippen molar-refractivity contribution in [1.29, 1.82) is 0 Å². The molecule has 6 heteroatoms. The third-order valence-corrected chi connectivity index (χ3v) is 5.68. The molecule has 2 aliphatic rings. The van der Waals surface area contributed by atoms with Gasteiger partial charge in [0, 0.05) is 6.42 Å². The number of hydrogen-bond acceptors (Lipinski definition) is 3. The molecule has 3 rings (SSSR count). The van der Waals surface area contributed by atoms with Crippen LogP contribution in [-0.4, -0.2) is 52.9 Å². The van der Waals surface area contributed by atoms with Gasteiger partial charge >= 0.3 is 0 Å². The second-order valence-electron chi connectivity index (χ2n) is 7.14. The number of tetrazole rings is 1. The standard InChI is InChI=1S/C17H30N6/c1-3-10-21-11-13-22(14-12-21)16(4-2)17-18-19-20-23(17)15-8-6-5-7-9-15/h3,15-16H,1,4-14H2,2H3/p+2/t16-/m0/s1. The quantitative estimate of drug-likeness (QED) is 0.701. The van der Waals surface area contributed by atoms with Crippen LogP contribution < -0.4 is 9.80 Å². The lowest BCUT2D eigenvalue weighted by Gasteiger charge is -2.34. The van der Waals surface area contributed by atoms with Gasteiger partial charge in [0.05, 0.1) is 12.6 Å². The monoisotopic (exact) mass is 320 g/mol. The van der Waals surface area contributed by atoms with Gasteiger partial charge in [0.25, 0.3) is 0 Å². The van der Waals surface area contributed by atoms with E-state index >= 15 is 0 Å². The van der Waals surface area contributed by atoms with Gasteiger partial charge in [-0.05, 0) is 29.3 Å². The maximum atomic E-state index is 4.45. The number of piperazine rings is 1. The van der Waals surface area contributed by atoms with E-state index < -0.39 is 0 Å². The lowest BCUT2D eigenvalue weighted by molar-refractivity contribution is -1.03. The Bertz CT molecular complexity index is 485. The summed E-state index contributed by atoms with van der Waals surface area (Å²) in [5, 5.41) is 12.9. The van der Waals surface area contributed by atoms with Gasteiger partial charge < -0.3 is 9.80 Å². The van der Waals surface area contributed by atoms with Crippen molar-refractivity contribution in [2.45, 2.75) is 57.5 Å². The lowest BCUT2D eigenvalue weighted by atomic mass is 9.95. The average Bonchev–Trinajstić information content (AvgIpc) is 3.08. The van der Waals surface area contributed by atoms with E-state index in [9.17, 15) is 0 Å². The third kappa shape index (κ3) is 3.80. The number of rotatable bonds is 6. The number of aromatic nitrogens is 4. The molecule has 1 aromatic heterocycles. The highest BCUT2D eigenvalue weighted by Crippen LogP contribution is 2.29. The number of quaternary nitrogens is 2. The van der Waals surface area contributed by atoms with Crippen LogP contribution in [0.3, 0.4) is 0 Å². The Kier molecular flexibility index (Phi) is 5.78. The van der Waals surface area contributed by atoms with Crippen molar-refractivity contribution in [2.75, 3.05) is 32.7 Å². The zero-order chi connectivity index (χ0) is 16.1. The summed E-state index contributed by atoms with van der Waals surface area (Å²) in [6.07, 6.45) is 9.63. The first-order valence-electron chi connectivity index (χ1n) is 9.40. The van der Waals surface area contributed by atoms with E-state index in [1.807, 2.05) is 6.08 Å². The molecule has 1 saturated carbocycles. The summed E-state index contributed by atoms with van der Waals surface area (Å²) < 4.78 is 2.17. The molecule has 0 spiro atoms. The fourth-order valence-electron chi connectivity index (χ4n) is 4.35. The van der Waals surface area contributed by atoms with E-state index in [1.54, 1.807) is 9.80 Å². The molecule has 1 aromatic rings. The van der Waals surface area contributed by atoms with Gasteiger partial charge in [-0.3, -0.25) is 0 Å². The summed E-state index contributed by atoms with van der Waals surface area (Å²) in [5.41, 5.74) is 0. The Morgan fingerprint density at radius 1 is 1.22 bits per heavy atom. The van der Waals surface area contributed by atoms with Crippen LogP contribution in [0.4, 0.5) is 0 Å². The van der Waals surface area contributed by atoms with Crippen LogP contribution in [0.25, 0.3) is 0 Å². The smallest absolute Gasteiger partial charge is 0.209 e. The molecule has 128 valence electrons. The van der Waals surface area contributed by atoms with Gasteiger partial charge in [-0.25, -0.2) is 4.68 Å². The minimum absolute atomic E-state index is 0.442. The van der Waals surface area contributed by atoms with Crippen LogP contribution >= 0.6 is 0 Å². The molecular weight excluding hydrogens is 288 g/mol. The van der Waals surface area contributed by atoms with Gasteiger partial charge in [-0.2, -0.15) is 0 Å². The molecular formula is C17H32N6+2. The molecule has 1 aliphatic heterocycles. The summed E-state index contributed by atoms with van der Waals surface area (Å²) >= 11 is 0. The molecule has 1 atom stereocenters. The molecule has 1 aliphatic carbocycles. The predicted octanol–water partition coefficient (Wildman–Crippen LogP) is -0.401. The highest BCUT2D eigenvalue weighted by Gasteiger charge is 2.34. The first-order chi connectivity index (χ1) is 11.3. The number of nitrogens with one attached hydrogen (secondary N) is 2. The van der Waals surface area contributed by atoms with Crippen molar-refractivity contribution >= 4 is 0 Å². The van der Waals surface area contributed by atoms with Crippen LogP contribution in [0.15, 0.2) is 12.7 Å². The Labute approximate surface area is 139 Å². The summed E-state index contributed by atoms with van der Waals surface area (Å²) in [6, 6.07) is 0.965. The van der Waals surface area contributed by atoms with Gasteiger partial charge in [0.1, 0.15) is 32.2 Å². The molecule has 23 heavy (non-hydrogen) atoms. The van der Waals surface area contributed by atoms with Crippen LogP contribution in [0, 0.1) is 0 Å². The normalized spacial score (nSPS) is 27.7. The van der Waals surface area contributed by atoms with Gasteiger partial charge in [-0.1, -0.05) is 32.8 Å². The van der Waals surface area contributed by atoms with Crippen molar-refractivity contribution in [3.8, 4) is 0 Å². The highest BCUT2D eigenvalue weighted by atomic mass is 15.6. The van der Waals surface area contributed by atoms with Crippen LogP contribution in [0.5, 0.6) is 0 Å². The molecule has 0 unspecified atom stereocenters. The fraction of sp³-hybridized carbons (Fsp3) is 0.824. The molecule has 0 radical (unpaired) electrons. The minimum Gasteiger partial charge on any atom is -0.322 e. The minimum atomic E-state index is 0.442. The van der Waals surface area contributed by atoms with Crippen LogP contribution in [0.1, 0.15) is 63.4 Å².